The van der Waals surface area contributed by atoms with Crippen LogP contribution in [0.3, 0.4) is 0 Å². The molecule has 1 amide bonds. The van der Waals surface area contributed by atoms with Gasteiger partial charge in [0.15, 0.2) is 29.0 Å². The Hall–Kier alpha value is -2.57. The second-order valence-corrected chi connectivity index (χ2v) is 4.37. The van der Waals surface area contributed by atoms with E-state index in [1.165, 1.54) is 19.2 Å². The molecule has 0 aromatic heterocycles. The SMILES string of the molecule is COc1ccc(CNC(=O)c2ccc(F)c(F)c2F)cc1F. The van der Waals surface area contributed by atoms with Crippen molar-refractivity contribution >= 4 is 5.91 Å². The monoisotopic (exact) mass is 313 g/mol. The summed E-state index contributed by atoms with van der Waals surface area (Å²) in [7, 11) is 1.31. The maximum Gasteiger partial charge on any atom is 0.254 e. The highest BCUT2D eigenvalue weighted by Gasteiger charge is 2.18. The number of carbonyl (C=O) groups is 1. The van der Waals surface area contributed by atoms with Crippen LogP contribution in [-0.4, -0.2) is 13.0 Å². The third-order valence-corrected chi connectivity index (χ3v) is 2.95. The van der Waals surface area contributed by atoms with Gasteiger partial charge in [0.1, 0.15) is 0 Å². The van der Waals surface area contributed by atoms with Crippen molar-refractivity contribution in [2.45, 2.75) is 6.54 Å². The standard InChI is InChI=1S/C15H11F4NO2/c1-22-12-5-2-8(6-11(12)17)7-20-15(21)9-3-4-10(16)14(19)13(9)18/h2-6H,7H2,1H3,(H,20,21). The van der Waals surface area contributed by atoms with Gasteiger partial charge in [0.25, 0.3) is 5.91 Å². The summed E-state index contributed by atoms with van der Waals surface area (Å²) in [5.74, 6) is -6.18. The van der Waals surface area contributed by atoms with Crippen molar-refractivity contribution in [1.82, 2.24) is 5.32 Å². The minimum atomic E-state index is -1.72. The van der Waals surface area contributed by atoms with Crippen LogP contribution >= 0.6 is 0 Å². The highest BCUT2D eigenvalue weighted by Crippen LogP contribution is 2.18. The van der Waals surface area contributed by atoms with Crippen molar-refractivity contribution in [2.75, 3.05) is 7.11 Å². The highest BCUT2D eigenvalue weighted by atomic mass is 19.2. The molecule has 116 valence electrons. The Morgan fingerprint density at radius 1 is 1.05 bits per heavy atom. The Bertz CT molecular complexity index is 719. The average molecular weight is 313 g/mol. The van der Waals surface area contributed by atoms with E-state index in [9.17, 15) is 22.4 Å². The van der Waals surface area contributed by atoms with E-state index in [2.05, 4.69) is 5.32 Å². The summed E-state index contributed by atoms with van der Waals surface area (Å²) < 4.78 is 57.5. The number of halogens is 4. The molecule has 0 unspecified atom stereocenters. The highest BCUT2D eigenvalue weighted by molar-refractivity contribution is 5.94. The minimum absolute atomic E-state index is 0.0433. The number of benzene rings is 2. The van der Waals surface area contributed by atoms with E-state index in [1.807, 2.05) is 0 Å². The molecule has 0 spiro atoms. The lowest BCUT2D eigenvalue weighted by Crippen LogP contribution is -2.24. The van der Waals surface area contributed by atoms with Crippen molar-refractivity contribution in [3.63, 3.8) is 0 Å². The van der Waals surface area contributed by atoms with E-state index in [4.69, 9.17) is 4.74 Å². The lowest BCUT2D eigenvalue weighted by atomic mass is 10.1. The zero-order valence-corrected chi connectivity index (χ0v) is 11.4. The van der Waals surface area contributed by atoms with E-state index < -0.39 is 34.7 Å². The van der Waals surface area contributed by atoms with Gasteiger partial charge in [0.05, 0.1) is 12.7 Å². The van der Waals surface area contributed by atoms with Crippen molar-refractivity contribution in [2.24, 2.45) is 0 Å². The van der Waals surface area contributed by atoms with Gasteiger partial charge >= 0.3 is 0 Å². The number of ether oxygens (including phenoxy) is 1. The predicted molar refractivity (Wildman–Crippen MR) is 70.4 cm³/mol. The van der Waals surface area contributed by atoms with Crippen LogP contribution < -0.4 is 10.1 Å². The summed E-state index contributed by atoms with van der Waals surface area (Å²) in [6.07, 6.45) is 0. The van der Waals surface area contributed by atoms with Gasteiger partial charge in [-0.3, -0.25) is 4.79 Å². The lowest BCUT2D eigenvalue weighted by molar-refractivity contribution is 0.0945. The molecule has 0 saturated carbocycles. The van der Waals surface area contributed by atoms with E-state index in [-0.39, 0.29) is 12.3 Å². The molecule has 0 heterocycles. The number of methoxy groups -OCH3 is 1. The van der Waals surface area contributed by atoms with Crippen LogP contribution in [-0.2, 0) is 6.54 Å². The Morgan fingerprint density at radius 3 is 2.41 bits per heavy atom. The summed E-state index contributed by atoms with van der Waals surface area (Å²) in [4.78, 5) is 11.8. The van der Waals surface area contributed by atoms with Crippen LogP contribution in [0.5, 0.6) is 5.75 Å². The number of hydrogen-bond donors (Lipinski definition) is 1. The molecule has 0 aliphatic rings. The number of amides is 1. The molecule has 0 saturated heterocycles. The van der Waals surface area contributed by atoms with Crippen LogP contribution in [0.4, 0.5) is 17.6 Å². The molecule has 22 heavy (non-hydrogen) atoms. The van der Waals surface area contributed by atoms with E-state index >= 15 is 0 Å². The normalized spacial score (nSPS) is 10.4. The molecule has 3 nitrogen and oxygen atoms in total. The maximum absolute atomic E-state index is 13.5. The summed E-state index contributed by atoms with van der Waals surface area (Å²) in [5.41, 5.74) is -0.234. The Labute approximate surface area is 123 Å². The second kappa shape index (κ2) is 6.46. The summed E-state index contributed by atoms with van der Waals surface area (Å²) >= 11 is 0. The first-order valence-corrected chi connectivity index (χ1v) is 6.18. The number of nitrogens with one attached hydrogen (secondary N) is 1. The van der Waals surface area contributed by atoms with Crippen molar-refractivity contribution in [1.29, 1.82) is 0 Å². The largest absolute Gasteiger partial charge is 0.494 e. The van der Waals surface area contributed by atoms with Crippen LogP contribution in [0.2, 0.25) is 0 Å². The first-order valence-electron chi connectivity index (χ1n) is 6.18. The molecule has 0 bridgehead atoms. The number of rotatable bonds is 4. The molecule has 2 aromatic carbocycles. The van der Waals surface area contributed by atoms with Gasteiger partial charge < -0.3 is 10.1 Å². The van der Waals surface area contributed by atoms with E-state index in [0.717, 1.165) is 12.1 Å². The predicted octanol–water partition coefficient (Wildman–Crippen LogP) is 3.18. The van der Waals surface area contributed by atoms with Gasteiger partial charge in [-0.25, -0.2) is 17.6 Å². The number of hydrogen-bond acceptors (Lipinski definition) is 2. The molecule has 1 N–H and O–H groups in total. The zero-order chi connectivity index (χ0) is 16.3. The molecule has 0 atom stereocenters. The van der Waals surface area contributed by atoms with Gasteiger partial charge in [-0.2, -0.15) is 0 Å². The fraction of sp³-hybridized carbons (Fsp3) is 0.133. The molecule has 2 aromatic rings. The first kappa shape index (κ1) is 15.8. The topological polar surface area (TPSA) is 38.3 Å². The Balaban J connectivity index is 2.10. The summed E-state index contributed by atoms with van der Waals surface area (Å²) in [6.45, 7) is -0.113. The third-order valence-electron chi connectivity index (χ3n) is 2.95. The molecule has 0 radical (unpaired) electrons. The molecular weight excluding hydrogens is 302 g/mol. The molecule has 7 heteroatoms. The van der Waals surface area contributed by atoms with Crippen LogP contribution in [0.15, 0.2) is 30.3 Å². The molecule has 0 aliphatic heterocycles. The first-order chi connectivity index (χ1) is 10.4. The molecular formula is C15H11F4NO2. The van der Waals surface area contributed by atoms with E-state index in [1.54, 1.807) is 0 Å². The Kier molecular flexibility index (Phi) is 4.65. The Morgan fingerprint density at radius 2 is 1.77 bits per heavy atom. The van der Waals surface area contributed by atoms with Crippen LogP contribution in [0, 0.1) is 23.3 Å². The fourth-order valence-electron chi connectivity index (χ4n) is 1.80. The van der Waals surface area contributed by atoms with Crippen molar-refractivity contribution in [3.05, 3.63) is 64.7 Å². The van der Waals surface area contributed by atoms with Crippen LogP contribution in [0.25, 0.3) is 0 Å². The smallest absolute Gasteiger partial charge is 0.254 e. The van der Waals surface area contributed by atoms with Gasteiger partial charge in [-0.05, 0) is 29.8 Å². The van der Waals surface area contributed by atoms with Gasteiger partial charge in [0.2, 0.25) is 0 Å². The van der Waals surface area contributed by atoms with Crippen LogP contribution in [0.1, 0.15) is 15.9 Å². The molecule has 0 fully saturated rings. The minimum Gasteiger partial charge on any atom is -0.494 e. The maximum atomic E-state index is 13.5. The lowest BCUT2D eigenvalue weighted by Gasteiger charge is -2.08. The van der Waals surface area contributed by atoms with Crippen molar-refractivity contribution < 1.29 is 27.1 Å². The zero-order valence-electron chi connectivity index (χ0n) is 11.4. The third kappa shape index (κ3) is 3.19. The molecule has 0 aliphatic carbocycles. The van der Waals surface area contributed by atoms with Crippen molar-refractivity contribution in [3.8, 4) is 5.75 Å². The molecule has 2 rings (SSSR count). The van der Waals surface area contributed by atoms with Gasteiger partial charge in [-0.1, -0.05) is 6.07 Å². The average Bonchev–Trinajstić information content (AvgIpc) is 2.50. The summed E-state index contributed by atoms with van der Waals surface area (Å²) in [5, 5.41) is 2.29. The van der Waals surface area contributed by atoms with E-state index in [0.29, 0.717) is 11.6 Å². The summed E-state index contributed by atoms with van der Waals surface area (Å²) in [6, 6.07) is 5.50. The number of carbonyl (C=O) groups excluding carboxylic acids is 1. The van der Waals surface area contributed by atoms with Gasteiger partial charge in [-0.15, -0.1) is 0 Å². The fourth-order valence-corrected chi connectivity index (χ4v) is 1.80. The van der Waals surface area contributed by atoms with Gasteiger partial charge in [0, 0.05) is 6.54 Å². The quantitative estimate of drug-likeness (QED) is 0.695. The second-order valence-electron chi connectivity index (χ2n) is 4.37.